The van der Waals surface area contributed by atoms with Crippen LogP contribution in [0.2, 0.25) is 0 Å². The van der Waals surface area contributed by atoms with Crippen molar-refractivity contribution in [1.29, 1.82) is 0 Å². The molecule has 0 spiro atoms. The molecular weight excluding hydrogens is 330 g/mol. The second-order valence-corrected chi connectivity index (χ2v) is 6.55. The molecule has 26 heavy (non-hydrogen) atoms. The van der Waals surface area contributed by atoms with Gasteiger partial charge in [0, 0.05) is 31.9 Å². The fourth-order valence-electron chi connectivity index (χ4n) is 3.30. The lowest BCUT2D eigenvalue weighted by molar-refractivity contribution is 0.186. The summed E-state index contributed by atoms with van der Waals surface area (Å²) in [6.45, 7) is 9.00. The van der Waals surface area contributed by atoms with Gasteiger partial charge >= 0.3 is 6.03 Å². The number of hydrogen-bond acceptors (Lipinski definition) is 5. The molecule has 2 heterocycles. The summed E-state index contributed by atoms with van der Waals surface area (Å²) < 4.78 is 5.20. The van der Waals surface area contributed by atoms with Crippen LogP contribution in [0, 0.1) is 6.92 Å². The van der Waals surface area contributed by atoms with E-state index in [1.807, 2.05) is 11.8 Å². The molecule has 0 bridgehead atoms. The number of anilines is 1. The van der Waals surface area contributed by atoms with E-state index in [-0.39, 0.29) is 12.1 Å². The molecular formula is C19H27N5O2. The summed E-state index contributed by atoms with van der Waals surface area (Å²) in [5.74, 6) is 1.05. The van der Waals surface area contributed by atoms with Crippen molar-refractivity contribution in [2.45, 2.75) is 39.7 Å². The molecule has 1 aliphatic heterocycles. The van der Waals surface area contributed by atoms with E-state index in [2.05, 4.69) is 51.5 Å². The number of amides is 2. The molecule has 7 nitrogen and oxygen atoms in total. The van der Waals surface area contributed by atoms with E-state index in [9.17, 15) is 4.79 Å². The number of aromatic nitrogens is 2. The van der Waals surface area contributed by atoms with Crippen LogP contribution in [0.25, 0.3) is 0 Å². The minimum atomic E-state index is -0.248. The lowest BCUT2D eigenvalue weighted by Gasteiger charge is -2.37. The van der Waals surface area contributed by atoms with Crippen LogP contribution >= 0.6 is 0 Å². The first-order valence-corrected chi connectivity index (χ1v) is 9.30. The SMILES string of the molecule is CCc1ccccc1N1CCN(C(=O)NC(CC)c2nc(C)no2)CC1. The summed E-state index contributed by atoms with van der Waals surface area (Å²) in [5.41, 5.74) is 2.63. The van der Waals surface area contributed by atoms with Crippen molar-refractivity contribution in [1.82, 2.24) is 20.4 Å². The number of hydrogen-bond donors (Lipinski definition) is 1. The zero-order valence-electron chi connectivity index (χ0n) is 15.7. The van der Waals surface area contributed by atoms with Gasteiger partial charge in [-0.25, -0.2) is 4.79 Å². The summed E-state index contributed by atoms with van der Waals surface area (Å²) in [7, 11) is 0. The molecule has 1 aromatic carbocycles. The number of aryl methyl sites for hydroxylation is 2. The molecule has 7 heteroatoms. The fourth-order valence-corrected chi connectivity index (χ4v) is 3.30. The number of carbonyl (C=O) groups is 1. The van der Waals surface area contributed by atoms with Crippen molar-refractivity contribution in [3.63, 3.8) is 0 Å². The molecule has 2 amide bonds. The summed E-state index contributed by atoms with van der Waals surface area (Å²) >= 11 is 0. The number of urea groups is 1. The van der Waals surface area contributed by atoms with Crippen LogP contribution in [0.5, 0.6) is 0 Å². The molecule has 1 aromatic heterocycles. The Bertz CT molecular complexity index is 737. The highest BCUT2D eigenvalue weighted by molar-refractivity contribution is 5.75. The average molecular weight is 357 g/mol. The number of para-hydroxylation sites is 1. The van der Waals surface area contributed by atoms with Gasteiger partial charge in [0.2, 0.25) is 5.89 Å². The monoisotopic (exact) mass is 357 g/mol. The van der Waals surface area contributed by atoms with Gasteiger partial charge in [0.15, 0.2) is 5.82 Å². The Morgan fingerprint density at radius 2 is 1.96 bits per heavy atom. The molecule has 0 radical (unpaired) electrons. The number of benzene rings is 1. The molecule has 1 unspecified atom stereocenters. The van der Waals surface area contributed by atoms with Gasteiger partial charge in [-0.2, -0.15) is 4.98 Å². The third-order valence-corrected chi connectivity index (χ3v) is 4.83. The standard InChI is InChI=1S/C19H27N5O2/c1-4-15-8-6-7-9-17(15)23-10-12-24(13-11-23)19(25)21-16(5-2)18-20-14(3)22-26-18/h6-9,16H,4-5,10-13H2,1-3H3,(H,21,25). The third kappa shape index (κ3) is 3.98. The summed E-state index contributed by atoms with van der Waals surface area (Å²) in [6.07, 6.45) is 1.72. The Balaban J connectivity index is 1.58. The maximum atomic E-state index is 12.6. The maximum Gasteiger partial charge on any atom is 0.318 e. The second-order valence-electron chi connectivity index (χ2n) is 6.55. The van der Waals surface area contributed by atoms with Crippen molar-refractivity contribution < 1.29 is 9.32 Å². The molecule has 1 N–H and O–H groups in total. The zero-order valence-corrected chi connectivity index (χ0v) is 15.7. The molecule has 1 fully saturated rings. The Morgan fingerprint density at radius 3 is 2.58 bits per heavy atom. The van der Waals surface area contributed by atoms with Gasteiger partial charge in [-0.15, -0.1) is 0 Å². The average Bonchev–Trinajstić information content (AvgIpc) is 3.12. The van der Waals surface area contributed by atoms with E-state index in [0.29, 0.717) is 31.2 Å². The third-order valence-electron chi connectivity index (χ3n) is 4.83. The zero-order chi connectivity index (χ0) is 18.5. The van der Waals surface area contributed by atoms with Crippen molar-refractivity contribution >= 4 is 11.7 Å². The van der Waals surface area contributed by atoms with E-state index >= 15 is 0 Å². The van der Waals surface area contributed by atoms with Crippen LogP contribution < -0.4 is 10.2 Å². The fraction of sp³-hybridized carbons (Fsp3) is 0.526. The lowest BCUT2D eigenvalue weighted by Crippen LogP contribution is -2.52. The lowest BCUT2D eigenvalue weighted by atomic mass is 10.1. The maximum absolute atomic E-state index is 12.6. The first-order valence-electron chi connectivity index (χ1n) is 9.30. The van der Waals surface area contributed by atoms with Crippen LogP contribution in [0.15, 0.2) is 28.8 Å². The van der Waals surface area contributed by atoms with Gasteiger partial charge in [-0.1, -0.05) is 37.2 Å². The van der Waals surface area contributed by atoms with Gasteiger partial charge in [-0.3, -0.25) is 0 Å². The Morgan fingerprint density at radius 1 is 1.23 bits per heavy atom. The number of nitrogens with zero attached hydrogens (tertiary/aromatic N) is 4. The molecule has 0 saturated carbocycles. The van der Waals surface area contributed by atoms with E-state index in [0.717, 1.165) is 19.5 Å². The number of carbonyl (C=O) groups excluding carboxylic acids is 1. The number of nitrogens with one attached hydrogen (secondary N) is 1. The molecule has 0 aliphatic carbocycles. The first kappa shape index (κ1) is 18.2. The van der Waals surface area contributed by atoms with Gasteiger partial charge in [0.05, 0.1) is 0 Å². The molecule has 2 aromatic rings. The van der Waals surface area contributed by atoms with Crippen LogP contribution in [-0.2, 0) is 6.42 Å². The number of piperazine rings is 1. The number of rotatable bonds is 5. The van der Waals surface area contributed by atoms with Gasteiger partial charge < -0.3 is 19.6 Å². The highest BCUT2D eigenvalue weighted by Gasteiger charge is 2.25. The van der Waals surface area contributed by atoms with Gasteiger partial charge in [0.25, 0.3) is 0 Å². The molecule has 1 aliphatic rings. The van der Waals surface area contributed by atoms with Crippen molar-refractivity contribution in [2.24, 2.45) is 0 Å². The van der Waals surface area contributed by atoms with E-state index in [4.69, 9.17) is 4.52 Å². The normalized spacial score (nSPS) is 15.8. The molecule has 1 saturated heterocycles. The Labute approximate surface area is 154 Å². The summed E-state index contributed by atoms with van der Waals surface area (Å²) in [5, 5.41) is 6.82. The first-order chi connectivity index (χ1) is 12.6. The smallest absolute Gasteiger partial charge is 0.318 e. The Hall–Kier alpha value is -2.57. The van der Waals surface area contributed by atoms with E-state index < -0.39 is 0 Å². The van der Waals surface area contributed by atoms with Crippen molar-refractivity contribution in [2.75, 3.05) is 31.1 Å². The largest absolute Gasteiger partial charge is 0.368 e. The molecule has 3 rings (SSSR count). The minimum absolute atomic E-state index is 0.0730. The molecule has 140 valence electrons. The summed E-state index contributed by atoms with van der Waals surface area (Å²) in [4.78, 5) is 21.1. The quantitative estimate of drug-likeness (QED) is 0.890. The minimum Gasteiger partial charge on any atom is -0.368 e. The second kappa shape index (κ2) is 8.21. The van der Waals surface area contributed by atoms with Crippen LogP contribution in [0.4, 0.5) is 10.5 Å². The Kier molecular flexibility index (Phi) is 5.75. The van der Waals surface area contributed by atoms with Crippen LogP contribution in [0.1, 0.15) is 43.6 Å². The highest BCUT2D eigenvalue weighted by atomic mass is 16.5. The molecule has 1 atom stereocenters. The topological polar surface area (TPSA) is 74.5 Å². The van der Waals surface area contributed by atoms with E-state index in [1.54, 1.807) is 6.92 Å². The summed E-state index contributed by atoms with van der Waals surface area (Å²) in [6, 6.07) is 8.17. The van der Waals surface area contributed by atoms with Crippen molar-refractivity contribution in [3.8, 4) is 0 Å². The predicted molar refractivity (Wildman–Crippen MR) is 100 cm³/mol. The van der Waals surface area contributed by atoms with Gasteiger partial charge in [-0.05, 0) is 31.4 Å². The predicted octanol–water partition coefficient (Wildman–Crippen LogP) is 2.92. The van der Waals surface area contributed by atoms with Gasteiger partial charge in [0.1, 0.15) is 6.04 Å². The van der Waals surface area contributed by atoms with Crippen LogP contribution in [0.3, 0.4) is 0 Å². The highest BCUT2D eigenvalue weighted by Crippen LogP contribution is 2.22. The van der Waals surface area contributed by atoms with Crippen molar-refractivity contribution in [3.05, 3.63) is 41.5 Å². The van der Waals surface area contributed by atoms with E-state index in [1.165, 1.54) is 11.3 Å². The van der Waals surface area contributed by atoms with Crippen LogP contribution in [-0.4, -0.2) is 47.3 Å².